The van der Waals surface area contributed by atoms with Crippen LogP contribution in [-0.4, -0.2) is 16.9 Å². The Morgan fingerprint density at radius 1 is 1.43 bits per heavy atom. The SMILES string of the molecule is O=C(O)CC(=O)c1cccc(F)c1Br. The Hall–Kier alpha value is -1.23. The summed E-state index contributed by atoms with van der Waals surface area (Å²) in [5, 5.41) is 8.38. The zero-order valence-corrected chi connectivity index (χ0v) is 8.54. The second-order valence-corrected chi connectivity index (χ2v) is 3.39. The summed E-state index contributed by atoms with van der Waals surface area (Å²) in [6.45, 7) is 0. The topological polar surface area (TPSA) is 54.4 Å². The van der Waals surface area contributed by atoms with Crippen LogP contribution in [0.3, 0.4) is 0 Å². The highest BCUT2D eigenvalue weighted by atomic mass is 79.9. The van der Waals surface area contributed by atoms with Crippen molar-refractivity contribution in [2.24, 2.45) is 0 Å². The molecule has 1 N–H and O–H groups in total. The van der Waals surface area contributed by atoms with E-state index < -0.39 is 24.0 Å². The van der Waals surface area contributed by atoms with E-state index in [0.717, 1.165) is 0 Å². The number of benzene rings is 1. The molecule has 0 saturated heterocycles. The molecule has 0 aliphatic rings. The molecule has 14 heavy (non-hydrogen) atoms. The Morgan fingerprint density at radius 2 is 2.07 bits per heavy atom. The van der Waals surface area contributed by atoms with Crippen molar-refractivity contribution < 1.29 is 19.1 Å². The number of hydrogen-bond donors (Lipinski definition) is 1. The van der Waals surface area contributed by atoms with Crippen molar-refractivity contribution in [3.05, 3.63) is 34.1 Å². The first-order valence-electron chi connectivity index (χ1n) is 3.71. The van der Waals surface area contributed by atoms with Crippen LogP contribution >= 0.6 is 15.9 Å². The largest absolute Gasteiger partial charge is 0.481 e. The molecule has 5 heteroatoms. The van der Waals surface area contributed by atoms with Gasteiger partial charge in [-0.3, -0.25) is 9.59 Å². The second-order valence-electron chi connectivity index (χ2n) is 2.60. The van der Waals surface area contributed by atoms with Crippen molar-refractivity contribution in [3.8, 4) is 0 Å². The maximum atomic E-state index is 12.9. The molecule has 1 aromatic carbocycles. The monoisotopic (exact) mass is 260 g/mol. The average Bonchev–Trinajstić information content (AvgIpc) is 2.08. The normalized spacial score (nSPS) is 9.86. The van der Waals surface area contributed by atoms with Gasteiger partial charge in [-0.15, -0.1) is 0 Å². The highest BCUT2D eigenvalue weighted by Gasteiger charge is 2.15. The minimum absolute atomic E-state index is 0.00579. The van der Waals surface area contributed by atoms with Gasteiger partial charge in [0.25, 0.3) is 0 Å². The average molecular weight is 261 g/mol. The number of carboxylic acids is 1. The summed E-state index contributed by atoms with van der Waals surface area (Å²) < 4.78 is 12.9. The number of hydrogen-bond acceptors (Lipinski definition) is 2. The van der Waals surface area contributed by atoms with Gasteiger partial charge < -0.3 is 5.11 Å². The van der Waals surface area contributed by atoms with Gasteiger partial charge in [0.2, 0.25) is 0 Å². The molecule has 0 aliphatic heterocycles. The predicted octanol–water partition coefficient (Wildman–Crippen LogP) is 2.25. The smallest absolute Gasteiger partial charge is 0.311 e. The molecular weight excluding hydrogens is 255 g/mol. The van der Waals surface area contributed by atoms with E-state index in [4.69, 9.17) is 5.11 Å². The fourth-order valence-corrected chi connectivity index (χ4v) is 1.44. The zero-order valence-electron chi connectivity index (χ0n) is 6.96. The summed E-state index contributed by atoms with van der Waals surface area (Å²) in [4.78, 5) is 21.5. The number of aliphatic carboxylic acids is 1. The lowest BCUT2D eigenvalue weighted by atomic mass is 10.1. The van der Waals surface area contributed by atoms with E-state index in [9.17, 15) is 14.0 Å². The molecule has 0 amide bonds. The van der Waals surface area contributed by atoms with Crippen molar-refractivity contribution >= 4 is 27.7 Å². The van der Waals surface area contributed by atoms with E-state index in [1.807, 2.05) is 0 Å². The van der Waals surface area contributed by atoms with Gasteiger partial charge in [0.15, 0.2) is 5.78 Å². The van der Waals surface area contributed by atoms with Crippen LogP contribution in [0, 0.1) is 5.82 Å². The fourth-order valence-electron chi connectivity index (χ4n) is 0.952. The van der Waals surface area contributed by atoms with Crippen molar-refractivity contribution in [3.63, 3.8) is 0 Å². The lowest BCUT2D eigenvalue weighted by Gasteiger charge is -2.01. The number of halogens is 2. The Kier molecular flexibility index (Phi) is 3.35. The number of ketones is 1. The van der Waals surface area contributed by atoms with Gasteiger partial charge >= 0.3 is 5.97 Å². The number of rotatable bonds is 3. The molecular formula is C9H6BrFO3. The molecule has 0 atom stereocenters. The summed E-state index contributed by atoms with van der Waals surface area (Å²) in [7, 11) is 0. The first kappa shape index (κ1) is 10.8. The van der Waals surface area contributed by atoms with Crippen LogP contribution in [-0.2, 0) is 4.79 Å². The molecule has 0 fully saturated rings. The van der Waals surface area contributed by atoms with Crippen LogP contribution in [0.4, 0.5) is 4.39 Å². The van der Waals surface area contributed by atoms with E-state index in [2.05, 4.69) is 15.9 Å². The molecule has 0 aromatic heterocycles. The van der Waals surface area contributed by atoms with Crippen LogP contribution in [0.5, 0.6) is 0 Å². The predicted molar refractivity (Wildman–Crippen MR) is 50.7 cm³/mol. The highest BCUT2D eigenvalue weighted by Crippen LogP contribution is 2.21. The van der Waals surface area contributed by atoms with Crippen molar-refractivity contribution in [1.82, 2.24) is 0 Å². The van der Waals surface area contributed by atoms with E-state index in [-0.39, 0.29) is 10.0 Å². The van der Waals surface area contributed by atoms with Crippen molar-refractivity contribution in [2.75, 3.05) is 0 Å². The summed E-state index contributed by atoms with van der Waals surface area (Å²) >= 11 is 2.88. The molecule has 0 heterocycles. The zero-order chi connectivity index (χ0) is 10.7. The molecule has 1 aromatic rings. The standard InChI is InChI=1S/C9H6BrFO3/c10-9-5(2-1-3-6(9)11)7(12)4-8(13)14/h1-3H,4H2,(H,13,14). The lowest BCUT2D eigenvalue weighted by molar-refractivity contribution is -0.135. The van der Waals surface area contributed by atoms with Crippen molar-refractivity contribution in [1.29, 1.82) is 0 Å². The molecule has 0 aliphatic carbocycles. The lowest BCUT2D eigenvalue weighted by Crippen LogP contribution is -2.08. The number of carbonyl (C=O) groups is 2. The highest BCUT2D eigenvalue weighted by molar-refractivity contribution is 9.10. The number of carboxylic acid groups (broad SMARTS) is 1. The minimum Gasteiger partial charge on any atom is -0.481 e. The summed E-state index contributed by atoms with van der Waals surface area (Å²) in [5.74, 6) is -2.43. The molecule has 0 bridgehead atoms. The summed E-state index contributed by atoms with van der Waals surface area (Å²) in [6, 6.07) is 3.91. The summed E-state index contributed by atoms with van der Waals surface area (Å²) in [5.41, 5.74) is 0.0485. The fraction of sp³-hybridized carbons (Fsp3) is 0.111. The van der Waals surface area contributed by atoms with Gasteiger partial charge in [0, 0.05) is 5.56 Å². The third-order valence-corrected chi connectivity index (χ3v) is 2.37. The molecule has 0 unspecified atom stereocenters. The molecule has 74 valence electrons. The van der Waals surface area contributed by atoms with Crippen LogP contribution < -0.4 is 0 Å². The van der Waals surface area contributed by atoms with Crippen molar-refractivity contribution in [2.45, 2.75) is 6.42 Å². The Balaban J connectivity index is 3.01. The molecule has 3 nitrogen and oxygen atoms in total. The molecule has 0 radical (unpaired) electrons. The van der Waals surface area contributed by atoms with Crippen LogP contribution in [0.2, 0.25) is 0 Å². The van der Waals surface area contributed by atoms with Crippen LogP contribution in [0.1, 0.15) is 16.8 Å². The van der Waals surface area contributed by atoms with Gasteiger partial charge in [-0.25, -0.2) is 4.39 Å². The molecule has 0 spiro atoms. The van der Waals surface area contributed by atoms with E-state index in [1.165, 1.54) is 18.2 Å². The second kappa shape index (κ2) is 4.32. The Morgan fingerprint density at radius 3 is 2.64 bits per heavy atom. The maximum absolute atomic E-state index is 12.9. The first-order chi connectivity index (χ1) is 6.52. The summed E-state index contributed by atoms with van der Waals surface area (Å²) in [6.07, 6.45) is -0.637. The van der Waals surface area contributed by atoms with E-state index >= 15 is 0 Å². The number of carbonyl (C=O) groups excluding carboxylic acids is 1. The molecule has 0 saturated carbocycles. The van der Waals surface area contributed by atoms with E-state index in [0.29, 0.717) is 0 Å². The first-order valence-corrected chi connectivity index (χ1v) is 4.50. The Bertz CT molecular complexity index is 390. The van der Waals surface area contributed by atoms with Gasteiger partial charge in [-0.1, -0.05) is 12.1 Å². The molecule has 1 rings (SSSR count). The van der Waals surface area contributed by atoms with Gasteiger partial charge in [0.1, 0.15) is 12.2 Å². The maximum Gasteiger partial charge on any atom is 0.311 e. The Labute approximate surface area is 87.7 Å². The minimum atomic E-state index is -1.23. The van der Waals surface area contributed by atoms with Gasteiger partial charge in [-0.05, 0) is 22.0 Å². The quantitative estimate of drug-likeness (QED) is 0.670. The van der Waals surface area contributed by atoms with Crippen LogP contribution in [0.15, 0.2) is 22.7 Å². The third kappa shape index (κ3) is 2.38. The van der Waals surface area contributed by atoms with Gasteiger partial charge in [-0.2, -0.15) is 0 Å². The van der Waals surface area contributed by atoms with Crippen LogP contribution in [0.25, 0.3) is 0 Å². The third-order valence-electron chi connectivity index (χ3n) is 1.56. The van der Waals surface area contributed by atoms with Gasteiger partial charge in [0.05, 0.1) is 4.47 Å². The number of Topliss-reactive ketones (excluding diaryl/α,β-unsaturated/α-hetero) is 1. The van der Waals surface area contributed by atoms with E-state index in [1.54, 1.807) is 0 Å².